The van der Waals surface area contributed by atoms with E-state index in [0.29, 0.717) is 5.69 Å². The molecule has 1 heterocycles. The lowest BCUT2D eigenvalue weighted by Crippen LogP contribution is -2.30. The van der Waals surface area contributed by atoms with Gasteiger partial charge in [-0.15, -0.1) is 0 Å². The van der Waals surface area contributed by atoms with Crippen LogP contribution in [0.1, 0.15) is 26.2 Å². The zero-order valence-electron chi connectivity index (χ0n) is 10.1. The zero-order chi connectivity index (χ0) is 12.3. The smallest absolute Gasteiger partial charge is 0.0831 e. The highest BCUT2D eigenvalue weighted by Gasteiger charge is 2.12. The van der Waals surface area contributed by atoms with Crippen LogP contribution in [0.15, 0.2) is 41.9 Å². The number of hydrazine groups is 1. The first-order valence-corrected chi connectivity index (χ1v) is 5.80. The van der Waals surface area contributed by atoms with Gasteiger partial charge in [-0.25, -0.2) is 5.84 Å². The fourth-order valence-corrected chi connectivity index (χ4v) is 1.97. The molecule has 0 fully saturated rings. The molecule has 0 spiro atoms. The number of nitrogen functional groups attached to an aromatic ring is 1. The van der Waals surface area contributed by atoms with E-state index in [2.05, 4.69) is 24.1 Å². The van der Waals surface area contributed by atoms with Gasteiger partial charge in [-0.1, -0.05) is 11.6 Å². The summed E-state index contributed by atoms with van der Waals surface area (Å²) in [6.45, 7) is 2.09. The summed E-state index contributed by atoms with van der Waals surface area (Å²) in [5.41, 5.74) is 9.62. The Balaban J connectivity index is 2.29. The second-order valence-electron chi connectivity index (χ2n) is 4.28. The van der Waals surface area contributed by atoms with Crippen molar-refractivity contribution in [3.05, 3.63) is 41.9 Å². The molecule has 4 N–H and O–H groups in total. The Morgan fingerprint density at radius 3 is 3.00 bits per heavy atom. The fourth-order valence-electron chi connectivity index (χ4n) is 1.97. The Morgan fingerprint density at radius 1 is 1.41 bits per heavy atom. The van der Waals surface area contributed by atoms with Crippen LogP contribution in [0.3, 0.4) is 0 Å². The van der Waals surface area contributed by atoms with E-state index in [9.17, 15) is 0 Å². The van der Waals surface area contributed by atoms with E-state index in [-0.39, 0.29) is 0 Å². The summed E-state index contributed by atoms with van der Waals surface area (Å²) in [5.74, 6) is 6.13. The fraction of sp³-hybridized carbons (Fsp3) is 0.308. The maximum Gasteiger partial charge on any atom is 0.0831 e. The molecule has 2 rings (SSSR count). The van der Waals surface area contributed by atoms with Gasteiger partial charge >= 0.3 is 0 Å². The molecule has 1 aromatic rings. The van der Waals surface area contributed by atoms with Gasteiger partial charge < -0.3 is 5.73 Å². The van der Waals surface area contributed by atoms with Gasteiger partial charge in [0.05, 0.1) is 17.6 Å². The summed E-state index contributed by atoms with van der Waals surface area (Å²) in [5, 5.41) is 1.67. The number of hydrogen-bond acceptors (Lipinski definition) is 4. The van der Waals surface area contributed by atoms with Crippen LogP contribution in [-0.4, -0.2) is 4.98 Å². The van der Waals surface area contributed by atoms with Crippen molar-refractivity contribution in [2.45, 2.75) is 26.2 Å². The molecule has 0 amide bonds. The number of nitrogens with two attached hydrogens (primary N) is 2. The molecule has 0 atom stereocenters. The standard InChI is InChI=1S/C13H18N4/c1-10-4-2-3-5-11(8-10)17(15)13-6-7-16-9-12(13)14/h4,6-9H,2-3,5,14-15H2,1H3. The molecular formula is C13H18N4. The van der Waals surface area contributed by atoms with Gasteiger partial charge in [0.1, 0.15) is 0 Å². The van der Waals surface area contributed by atoms with Crippen LogP contribution >= 0.6 is 0 Å². The van der Waals surface area contributed by atoms with E-state index in [1.807, 2.05) is 6.07 Å². The van der Waals surface area contributed by atoms with Gasteiger partial charge in [0.15, 0.2) is 0 Å². The molecule has 0 saturated heterocycles. The van der Waals surface area contributed by atoms with Crippen molar-refractivity contribution < 1.29 is 0 Å². The Morgan fingerprint density at radius 2 is 2.24 bits per heavy atom. The van der Waals surface area contributed by atoms with Crippen LogP contribution in [0, 0.1) is 0 Å². The third-order valence-electron chi connectivity index (χ3n) is 2.89. The zero-order valence-corrected chi connectivity index (χ0v) is 10.1. The summed E-state index contributed by atoms with van der Waals surface area (Å²) < 4.78 is 0. The highest BCUT2D eigenvalue weighted by atomic mass is 15.4. The van der Waals surface area contributed by atoms with Gasteiger partial charge in [0.25, 0.3) is 0 Å². The van der Waals surface area contributed by atoms with Crippen molar-refractivity contribution >= 4 is 11.4 Å². The van der Waals surface area contributed by atoms with Crippen molar-refractivity contribution in [1.29, 1.82) is 0 Å². The van der Waals surface area contributed by atoms with Crippen molar-refractivity contribution in [2.24, 2.45) is 5.84 Å². The summed E-state index contributed by atoms with van der Waals surface area (Å²) in [6, 6.07) is 1.83. The molecule has 0 saturated carbocycles. The second-order valence-corrected chi connectivity index (χ2v) is 4.28. The highest BCUT2D eigenvalue weighted by molar-refractivity contribution is 5.67. The quantitative estimate of drug-likeness (QED) is 0.604. The predicted octanol–water partition coefficient (Wildman–Crippen LogP) is 2.36. The van der Waals surface area contributed by atoms with Gasteiger partial charge in [-0.2, -0.15) is 0 Å². The van der Waals surface area contributed by atoms with Crippen molar-refractivity contribution in [1.82, 2.24) is 4.98 Å². The minimum atomic E-state index is 0.599. The Labute approximate surface area is 102 Å². The summed E-state index contributed by atoms with van der Waals surface area (Å²) in [6.07, 6.45) is 10.9. The van der Waals surface area contributed by atoms with Crippen molar-refractivity contribution in [2.75, 3.05) is 10.7 Å². The van der Waals surface area contributed by atoms with Crippen LogP contribution in [0.4, 0.5) is 11.4 Å². The van der Waals surface area contributed by atoms with Gasteiger partial charge in [-0.05, 0) is 38.3 Å². The Hall–Kier alpha value is -1.81. The summed E-state index contributed by atoms with van der Waals surface area (Å²) in [7, 11) is 0. The SMILES string of the molecule is CC1=CCCCC(N(N)c2ccncc2N)=C1. The molecule has 90 valence electrons. The van der Waals surface area contributed by atoms with E-state index in [0.717, 1.165) is 30.6 Å². The minimum Gasteiger partial charge on any atom is -0.396 e. The van der Waals surface area contributed by atoms with Crippen molar-refractivity contribution in [3.8, 4) is 0 Å². The first kappa shape index (κ1) is 11.7. The van der Waals surface area contributed by atoms with Gasteiger partial charge in [-0.3, -0.25) is 9.99 Å². The summed E-state index contributed by atoms with van der Waals surface area (Å²) >= 11 is 0. The normalized spacial score (nSPS) is 15.9. The molecule has 1 aliphatic rings. The number of nitrogens with zero attached hydrogens (tertiary/aromatic N) is 2. The van der Waals surface area contributed by atoms with E-state index in [4.69, 9.17) is 11.6 Å². The lowest BCUT2D eigenvalue weighted by atomic mass is 10.2. The molecule has 0 bridgehead atoms. The van der Waals surface area contributed by atoms with Gasteiger partial charge in [0.2, 0.25) is 0 Å². The van der Waals surface area contributed by atoms with E-state index >= 15 is 0 Å². The van der Waals surface area contributed by atoms with Crippen LogP contribution < -0.4 is 16.6 Å². The topological polar surface area (TPSA) is 68.2 Å². The lowest BCUT2D eigenvalue weighted by molar-refractivity contribution is 0.796. The third kappa shape index (κ3) is 2.65. The van der Waals surface area contributed by atoms with Crippen LogP contribution in [0.25, 0.3) is 0 Å². The predicted molar refractivity (Wildman–Crippen MR) is 71.0 cm³/mol. The average molecular weight is 230 g/mol. The Kier molecular flexibility index (Phi) is 3.44. The summed E-state index contributed by atoms with van der Waals surface area (Å²) in [4.78, 5) is 3.97. The largest absolute Gasteiger partial charge is 0.396 e. The minimum absolute atomic E-state index is 0.599. The lowest BCUT2D eigenvalue weighted by Gasteiger charge is -2.23. The first-order chi connectivity index (χ1) is 8.18. The second kappa shape index (κ2) is 5.01. The van der Waals surface area contributed by atoms with E-state index < -0.39 is 0 Å². The number of aromatic nitrogens is 1. The molecule has 1 aromatic heterocycles. The van der Waals surface area contributed by atoms with E-state index in [1.54, 1.807) is 17.4 Å². The van der Waals surface area contributed by atoms with Crippen LogP contribution in [-0.2, 0) is 0 Å². The molecule has 1 aliphatic carbocycles. The molecule has 0 aliphatic heterocycles. The molecule has 4 heteroatoms. The highest BCUT2D eigenvalue weighted by Crippen LogP contribution is 2.26. The third-order valence-corrected chi connectivity index (χ3v) is 2.89. The number of pyridine rings is 1. The van der Waals surface area contributed by atoms with Crippen LogP contribution in [0.5, 0.6) is 0 Å². The molecule has 0 unspecified atom stereocenters. The van der Waals surface area contributed by atoms with Gasteiger partial charge in [0, 0.05) is 11.9 Å². The molecule has 0 radical (unpaired) electrons. The number of allylic oxidation sites excluding steroid dienone is 4. The number of anilines is 2. The molecular weight excluding hydrogens is 212 g/mol. The molecule has 17 heavy (non-hydrogen) atoms. The average Bonchev–Trinajstić information content (AvgIpc) is 2.54. The molecule has 4 nitrogen and oxygen atoms in total. The Bertz CT molecular complexity index is 462. The number of hydrogen-bond donors (Lipinski definition) is 2. The van der Waals surface area contributed by atoms with E-state index in [1.165, 1.54) is 5.57 Å². The van der Waals surface area contributed by atoms with Crippen LogP contribution in [0.2, 0.25) is 0 Å². The first-order valence-electron chi connectivity index (χ1n) is 5.80. The molecule has 0 aromatic carbocycles. The number of rotatable bonds is 2. The maximum absolute atomic E-state index is 6.13. The maximum atomic E-state index is 6.13. The monoisotopic (exact) mass is 230 g/mol. The van der Waals surface area contributed by atoms with Crippen molar-refractivity contribution in [3.63, 3.8) is 0 Å².